The first-order chi connectivity index (χ1) is 8.01. The lowest BCUT2D eigenvalue weighted by atomic mass is 9.64. The molecule has 0 aliphatic heterocycles. The minimum absolute atomic E-state index is 0.0357. The Balaban J connectivity index is 2.57. The molecule has 0 bridgehead atoms. The van der Waals surface area contributed by atoms with Crippen LogP contribution in [0.25, 0.3) is 0 Å². The standard InChI is InChI=1S/C12H11F3O2/c13-6-7-4-8(10(15)9(14)5-7)12(11(16)17)2-1-3-12/h4-5H,1-3,6H2,(H,16,17). The van der Waals surface area contributed by atoms with E-state index in [9.17, 15) is 18.0 Å². The third-order valence-corrected chi connectivity index (χ3v) is 3.37. The van der Waals surface area contributed by atoms with Crippen LogP contribution in [-0.4, -0.2) is 11.1 Å². The van der Waals surface area contributed by atoms with Gasteiger partial charge in [-0.1, -0.05) is 6.42 Å². The van der Waals surface area contributed by atoms with E-state index in [2.05, 4.69) is 0 Å². The average molecular weight is 244 g/mol. The fourth-order valence-electron chi connectivity index (χ4n) is 2.20. The summed E-state index contributed by atoms with van der Waals surface area (Å²) >= 11 is 0. The van der Waals surface area contributed by atoms with Crippen LogP contribution in [0.4, 0.5) is 13.2 Å². The molecule has 1 fully saturated rings. The van der Waals surface area contributed by atoms with Gasteiger partial charge >= 0.3 is 5.97 Å². The molecule has 0 saturated heterocycles. The van der Waals surface area contributed by atoms with Gasteiger partial charge in [-0.05, 0) is 30.5 Å². The SMILES string of the molecule is O=C(O)C1(c2cc(CF)cc(F)c2F)CCC1. The van der Waals surface area contributed by atoms with Crippen molar-refractivity contribution in [1.29, 1.82) is 0 Å². The van der Waals surface area contributed by atoms with Gasteiger partial charge in [0, 0.05) is 5.56 Å². The molecule has 1 aromatic carbocycles. The first-order valence-corrected chi connectivity index (χ1v) is 5.29. The molecule has 0 amide bonds. The highest BCUT2D eigenvalue weighted by Crippen LogP contribution is 2.45. The highest BCUT2D eigenvalue weighted by Gasteiger charge is 2.48. The maximum Gasteiger partial charge on any atom is 0.314 e. The minimum Gasteiger partial charge on any atom is -0.481 e. The van der Waals surface area contributed by atoms with E-state index in [0.717, 1.165) is 12.1 Å². The molecule has 92 valence electrons. The van der Waals surface area contributed by atoms with Crippen LogP contribution in [0.15, 0.2) is 12.1 Å². The average Bonchev–Trinajstić information content (AvgIpc) is 2.21. The van der Waals surface area contributed by atoms with Crippen molar-refractivity contribution in [3.63, 3.8) is 0 Å². The van der Waals surface area contributed by atoms with Crippen molar-refractivity contribution in [2.75, 3.05) is 0 Å². The van der Waals surface area contributed by atoms with Crippen LogP contribution in [0.3, 0.4) is 0 Å². The zero-order valence-electron chi connectivity index (χ0n) is 8.97. The number of hydrogen-bond donors (Lipinski definition) is 1. The fraction of sp³-hybridized carbons (Fsp3) is 0.417. The predicted octanol–water partition coefficient (Wildman–Crippen LogP) is 2.94. The molecule has 17 heavy (non-hydrogen) atoms. The monoisotopic (exact) mass is 244 g/mol. The van der Waals surface area contributed by atoms with Crippen molar-refractivity contribution in [2.45, 2.75) is 31.4 Å². The van der Waals surface area contributed by atoms with E-state index in [4.69, 9.17) is 5.11 Å². The Bertz CT molecular complexity index is 467. The van der Waals surface area contributed by atoms with E-state index in [1.54, 1.807) is 0 Å². The lowest BCUT2D eigenvalue weighted by molar-refractivity contribution is -0.147. The Morgan fingerprint density at radius 3 is 2.41 bits per heavy atom. The molecule has 1 saturated carbocycles. The molecule has 1 aliphatic rings. The van der Waals surface area contributed by atoms with Gasteiger partial charge in [0.15, 0.2) is 11.6 Å². The number of benzene rings is 1. The number of hydrogen-bond acceptors (Lipinski definition) is 1. The predicted molar refractivity (Wildman–Crippen MR) is 54.3 cm³/mol. The van der Waals surface area contributed by atoms with Gasteiger partial charge in [0.05, 0.1) is 5.41 Å². The summed E-state index contributed by atoms with van der Waals surface area (Å²) in [6, 6.07) is 1.87. The highest BCUT2D eigenvalue weighted by atomic mass is 19.2. The molecule has 1 N–H and O–H groups in total. The lowest BCUT2D eigenvalue weighted by Gasteiger charge is -2.38. The van der Waals surface area contributed by atoms with Crippen LogP contribution in [0.2, 0.25) is 0 Å². The second-order valence-electron chi connectivity index (χ2n) is 4.31. The van der Waals surface area contributed by atoms with Crippen LogP contribution in [-0.2, 0) is 16.9 Å². The summed E-state index contributed by atoms with van der Waals surface area (Å²) in [4.78, 5) is 11.2. The van der Waals surface area contributed by atoms with Gasteiger partial charge in [-0.3, -0.25) is 4.79 Å². The molecule has 0 spiro atoms. The summed E-state index contributed by atoms with van der Waals surface area (Å²) in [6.07, 6.45) is 1.16. The summed E-state index contributed by atoms with van der Waals surface area (Å²) in [5.41, 5.74) is -1.65. The third-order valence-electron chi connectivity index (χ3n) is 3.37. The summed E-state index contributed by atoms with van der Waals surface area (Å²) < 4.78 is 39.4. The van der Waals surface area contributed by atoms with Gasteiger partial charge in [0.25, 0.3) is 0 Å². The summed E-state index contributed by atoms with van der Waals surface area (Å²) in [5, 5.41) is 9.13. The van der Waals surface area contributed by atoms with E-state index in [0.29, 0.717) is 6.42 Å². The number of halogens is 3. The Kier molecular flexibility index (Phi) is 2.85. The quantitative estimate of drug-likeness (QED) is 0.887. The second-order valence-corrected chi connectivity index (χ2v) is 4.31. The van der Waals surface area contributed by atoms with Crippen LogP contribution in [0.5, 0.6) is 0 Å². The first-order valence-electron chi connectivity index (χ1n) is 5.29. The fourth-order valence-corrected chi connectivity index (χ4v) is 2.20. The van der Waals surface area contributed by atoms with Crippen molar-refractivity contribution in [3.05, 3.63) is 34.9 Å². The first kappa shape index (κ1) is 12.0. The van der Waals surface area contributed by atoms with Gasteiger partial charge < -0.3 is 5.11 Å². The lowest BCUT2D eigenvalue weighted by Crippen LogP contribution is -2.43. The van der Waals surface area contributed by atoms with E-state index in [-0.39, 0.29) is 24.0 Å². The van der Waals surface area contributed by atoms with E-state index in [1.165, 1.54) is 0 Å². The zero-order chi connectivity index (χ0) is 12.6. The molecule has 1 aliphatic carbocycles. The van der Waals surface area contributed by atoms with Gasteiger partial charge in [0.1, 0.15) is 6.67 Å². The molecule has 1 aromatic rings. The van der Waals surface area contributed by atoms with Gasteiger partial charge in [-0.25, -0.2) is 13.2 Å². The topological polar surface area (TPSA) is 37.3 Å². The number of aliphatic carboxylic acids is 1. The molecule has 0 heterocycles. The van der Waals surface area contributed by atoms with Crippen molar-refractivity contribution < 1.29 is 23.1 Å². The van der Waals surface area contributed by atoms with E-state index in [1.807, 2.05) is 0 Å². The number of carboxylic acid groups (broad SMARTS) is 1. The Hall–Kier alpha value is -1.52. The van der Waals surface area contributed by atoms with Gasteiger partial charge in [-0.15, -0.1) is 0 Å². The van der Waals surface area contributed by atoms with E-state index >= 15 is 0 Å². The zero-order valence-corrected chi connectivity index (χ0v) is 8.97. The molecule has 2 nitrogen and oxygen atoms in total. The van der Waals surface area contributed by atoms with E-state index < -0.39 is 29.7 Å². The highest BCUT2D eigenvalue weighted by molar-refractivity contribution is 5.82. The summed E-state index contributed by atoms with van der Waals surface area (Å²) in [5.74, 6) is -3.55. The molecular weight excluding hydrogens is 233 g/mol. The second kappa shape index (κ2) is 4.05. The molecule has 0 atom stereocenters. The Morgan fingerprint density at radius 1 is 1.35 bits per heavy atom. The molecule has 0 radical (unpaired) electrons. The molecular formula is C12H11F3O2. The largest absolute Gasteiger partial charge is 0.481 e. The van der Waals surface area contributed by atoms with Crippen molar-refractivity contribution >= 4 is 5.97 Å². The van der Waals surface area contributed by atoms with Gasteiger partial charge in [-0.2, -0.15) is 0 Å². The third kappa shape index (κ3) is 1.69. The van der Waals surface area contributed by atoms with Crippen LogP contribution < -0.4 is 0 Å². The Labute approximate surface area is 96.1 Å². The van der Waals surface area contributed by atoms with Crippen LogP contribution in [0.1, 0.15) is 30.4 Å². The van der Waals surface area contributed by atoms with Gasteiger partial charge in [0.2, 0.25) is 0 Å². The molecule has 0 aromatic heterocycles. The van der Waals surface area contributed by atoms with Crippen molar-refractivity contribution in [1.82, 2.24) is 0 Å². The van der Waals surface area contributed by atoms with Crippen LogP contribution >= 0.6 is 0 Å². The number of rotatable bonds is 3. The smallest absolute Gasteiger partial charge is 0.314 e. The molecule has 5 heteroatoms. The van der Waals surface area contributed by atoms with Crippen molar-refractivity contribution in [3.8, 4) is 0 Å². The minimum atomic E-state index is -1.38. The molecule has 0 unspecified atom stereocenters. The molecule has 2 rings (SSSR count). The normalized spacial score (nSPS) is 17.6. The summed E-state index contributed by atoms with van der Waals surface area (Å²) in [6.45, 7) is -0.945. The number of alkyl halides is 1. The van der Waals surface area contributed by atoms with Crippen LogP contribution in [0, 0.1) is 11.6 Å². The number of carbonyl (C=O) groups is 1. The number of carboxylic acids is 1. The maximum atomic E-state index is 13.6. The summed E-state index contributed by atoms with van der Waals surface area (Å²) in [7, 11) is 0. The van der Waals surface area contributed by atoms with Crippen molar-refractivity contribution in [2.24, 2.45) is 0 Å². The Morgan fingerprint density at radius 2 is 2.00 bits per heavy atom. The maximum absolute atomic E-state index is 13.6.